The molecule has 0 radical (unpaired) electrons. The maximum atomic E-state index is 13.5. The SMILES string of the molecule is Cc1ccc(S(=O)(=O)N2Cc3ccccc3C[C@H]2C(=O)NCc2cccc(Cl)c2)cc1. The quantitative estimate of drug-likeness (QED) is 0.631. The highest BCUT2D eigenvalue weighted by Gasteiger charge is 2.39. The Morgan fingerprint density at radius 2 is 1.74 bits per heavy atom. The predicted octanol–water partition coefficient (Wildman–Crippen LogP) is 4.08. The van der Waals surface area contributed by atoms with E-state index < -0.39 is 16.1 Å². The van der Waals surface area contributed by atoms with Gasteiger partial charge in [-0.1, -0.05) is 65.7 Å². The summed E-state index contributed by atoms with van der Waals surface area (Å²) in [5.41, 5.74) is 3.72. The maximum Gasteiger partial charge on any atom is 0.244 e. The minimum atomic E-state index is -3.85. The van der Waals surface area contributed by atoms with E-state index in [-0.39, 0.29) is 23.9 Å². The summed E-state index contributed by atoms with van der Waals surface area (Å²) < 4.78 is 28.3. The second kappa shape index (κ2) is 8.83. The Bertz CT molecular complexity index is 1210. The van der Waals surface area contributed by atoms with Crippen LogP contribution in [0.2, 0.25) is 5.02 Å². The molecule has 4 rings (SSSR count). The lowest BCUT2D eigenvalue weighted by Gasteiger charge is -2.35. The van der Waals surface area contributed by atoms with Crippen molar-refractivity contribution in [1.82, 2.24) is 9.62 Å². The van der Waals surface area contributed by atoms with Gasteiger partial charge in [0.05, 0.1) is 4.90 Å². The van der Waals surface area contributed by atoms with Crippen molar-refractivity contribution in [3.63, 3.8) is 0 Å². The van der Waals surface area contributed by atoms with Crippen molar-refractivity contribution >= 4 is 27.5 Å². The number of halogens is 1. The first-order chi connectivity index (χ1) is 14.8. The topological polar surface area (TPSA) is 66.5 Å². The van der Waals surface area contributed by atoms with E-state index in [1.54, 1.807) is 36.4 Å². The normalized spacial score (nSPS) is 16.5. The number of amides is 1. The molecule has 0 unspecified atom stereocenters. The molecule has 0 bridgehead atoms. The third-order valence-corrected chi connectivity index (χ3v) is 7.60. The summed E-state index contributed by atoms with van der Waals surface area (Å²) in [7, 11) is -3.85. The fraction of sp³-hybridized carbons (Fsp3) is 0.208. The zero-order valence-corrected chi connectivity index (χ0v) is 18.7. The summed E-state index contributed by atoms with van der Waals surface area (Å²) in [5, 5.41) is 3.47. The van der Waals surface area contributed by atoms with Crippen molar-refractivity contribution in [2.75, 3.05) is 0 Å². The Balaban J connectivity index is 1.64. The molecule has 31 heavy (non-hydrogen) atoms. The summed E-state index contributed by atoms with van der Waals surface area (Å²) in [6.07, 6.45) is 0.322. The lowest BCUT2D eigenvalue weighted by Crippen LogP contribution is -2.52. The van der Waals surface area contributed by atoms with Crippen LogP contribution in [0.3, 0.4) is 0 Å². The molecule has 0 saturated carbocycles. The molecule has 1 N–H and O–H groups in total. The van der Waals surface area contributed by atoms with Crippen molar-refractivity contribution in [3.8, 4) is 0 Å². The van der Waals surface area contributed by atoms with Crippen molar-refractivity contribution in [3.05, 3.63) is 100 Å². The Hall–Kier alpha value is -2.67. The highest BCUT2D eigenvalue weighted by Crippen LogP contribution is 2.29. The lowest BCUT2D eigenvalue weighted by atomic mass is 9.95. The Labute approximate surface area is 187 Å². The predicted molar refractivity (Wildman–Crippen MR) is 121 cm³/mol. The number of nitrogens with zero attached hydrogens (tertiary/aromatic N) is 1. The minimum Gasteiger partial charge on any atom is -0.351 e. The molecule has 0 spiro atoms. The van der Waals surface area contributed by atoms with Gasteiger partial charge in [0, 0.05) is 18.1 Å². The largest absolute Gasteiger partial charge is 0.351 e. The van der Waals surface area contributed by atoms with E-state index in [4.69, 9.17) is 11.6 Å². The van der Waals surface area contributed by atoms with Crippen LogP contribution in [-0.2, 0) is 34.3 Å². The van der Waals surface area contributed by atoms with Crippen LogP contribution in [0, 0.1) is 6.92 Å². The molecule has 1 amide bonds. The molecule has 3 aromatic carbocycles. The molecule has 0 fully saturated rings. The maximum absolute atomic E-state index is 13.5. The van der Waals surface area contributed by atoms with Gasteiger partial charge in [-0.3, -0.25) is 4.79 Å². The molecule has 1 heterocycles. The number of aryl methyl sites for hydroxylation is 1. The molecule has 1 atom stereocenters. The fourth-order valence-corrected chi connectivity index (χ4v) is 5.55. The van der Waals surface area contributed by atoms with E-state index in [1.807, 2.05) is 43.3 Å². The van der Waals surface area contributed by atoms with Gasteiger partial charge < -0.3 is 5.32 Å². The smallest absolute Gasteiger partial charge is 0.244 e. The zero-order chi connectivity index (χ0) is 22.0. The average Bonchev–Trinajstić information content (AvgIpc) is 2.77. The highest BCUT2D eigenvalue weighted by atomic mass is 35.5. The van der Waals surface area contributed by atoms with E-state index in [0.717, 1.165) is 22.3 Å². The number of sulfonamides is 1. The third-order valence-electron chi connectivity index (χ3n) is 5.49. The number of hydrogen-bond donors (Lipinski definition) is 1. The number of fused-ring (bicyclic) bond motifs is 1. The van der Waals surface area contributed by atoms with Crippen LogP contribution in [0.25, 0.3) is 0 Å². The molecular weight excluding hydrogens is 432 g/mol. The van der Waals surface area contributed by atoms with Crippen LogP contribution in [-0.4, -0.2) is 24.7 Å². The number of carbonyl (C=O) groups is 1. The number of rotatable bonds is 5. The van der Waals surface area contributed by atoms with Gasteiger partial charge in [0.2, 0.25) is 15.9 Å². The number of hydrogen-bond acceptors (Lipinski definition) is 3. The van der Waals surface area contributed by atoms with Crippen LogP contribution in [0.4, 0.5) is 0 Å². The first kappa shape index (κ1) is 21.6. The highest BCUT2D eigenvalue weighted by molar-refractivity contribution is 7.89. The Morgan fingerprint density at radius 1 is 1.03 bits per heavy atom. The number of benzene rings is 3. The average molecular weight is 455 g/mol. The lowest BCUT2D eigenvalue weighted by molar-refractivity contribution is -0.125. The van der Waals surface area contributed by atoms with E-state index >= 15 is 0 Å². The fourth-order valence-electron chi connectivity index (χ4n) is 3.77. The van der Waals surface area contributed by atoms with Gasteiger partial charge >= 0.3 is 0 Å². The Kier molecular flexibility index (Phi) is 6.14. The molecule has 0 aliphatic carbocycles. The minimum absolute atomic E-state index is 0.154. The monoisotopic (exact) mass is 454 g/mol. The molecule has 160 valence electrons. The molecule has 1 aliphatic heterocycles. The summed E-state index contributed by atoms with van der Waals surface area (Å²) in [5.74, 6) is -0.329. The molecule has 5 nitrogen and oxygen atoms in total. The number of carbonyl (C=O) groups excluding carboxylic acids is 1. The van der Waals surface area contributed by atoms with E-state index in [9.17, 15) is 13.2 Å². The molecule has 3 aromatic rings. The molecule has 0 saturated heterocycles. The Morgan fingerprint density at radius 3 is 2.45 bits per heavy atom. The summed E-state index contributed by atoms with van der Waals surface area (Å²) >= 11 is 6.03. The molecule has 1 aliphatic rings. The van der Waals surface area contributed by atoms with Gasteiger partial charge in [-0.2, -0.15) is 4.31 Å². The number of nitrogens with one attached hydrogen (secondary N) is 1. The van der Waals surface area contributed by atoms with Crippen LogP contribution in [0.5, 0.6) is 0 Å². The van der Waals surface area contributed by atoms with Gasteiger partial charge in [-0.15, -0.1) is 0 Å². The standard InChI is InChI=1S/C24H23ClN2O3S/c1-17-9-11-22(12-10-17)31(29,30)27-16-20-7-3-2-6-19(20)14-23(27)24(28)26-15-18-5-4-8-21(25)13-18/h2-13,23H,14-16H2,1H3,(H,26,28)/t23-/m0/s1. The van der Waals surface area contributed by atoms with Gasteiger partial charge in [0.25, 0.3) is 0 Å². The summed E-state index contributed by atoms with van der Waals surface area (Å²) in [4.78, 5) is 13.3. The van der Waals surface area contributed by atoms with Crippen molar-refractivity contribution in [2.45, 2.75) is 37.4 Å². The molecule has 7 heteroatoms. The van der Waals surface area contributed by atoms with Crippen molar-refractivity contribution < 1.29 is 13.2 Å². The molecular formula is C24H23ClN2O3S. The van der Waals surface area contributed by atoms with E-state index in [2.05, 4.69) is 5.32 Å². The van der Waals surface area contributed by atoms with Gasteiger partial charge in [0.1, 0.15) is 6.04 Å². The van der Waals surface area contributed by atoms with Crippen molar-refractivity contribution in [1.29, 1.82) is 0 Å². The first-order valence-electron chi connectivity index (χ1n) is 10.0. The van der Waals surface area contributed by atoms with Crippen LogP contribution in [0.1, 0.15) is 22.3 Å². The summed E-state index contributed by atoms with van der Waals surface area (Å²) in [6.45, 7) is 2.33. The van der Waals surface area contributed by atoms with Crippen molar-refractivity contribution in [2.24, 2.45) is 0 Å². The zero-order valence-electron chi connectivity index (χ0n) is 17.1. The van der Waals surface area contributed by atoms with Gasteiger partial charge in [-0.05, 0) is 54.3 Å². The molecule has 0 aromatic heterocycles. The second-order valence-electron chi connectivity index (χ2n) is 7.70. The van der Waals surface area contributed by atoms with Gasteiger partial charge in [0.15, 0.2) is 0 Å². The van der Waals surface area contributed by atoms with Crippen LogP contribution < -0.4 is 5.32 Å². The second-order valence-corrected chi connectivity index (χ2v) is 10.0. The summed E-state index contributed by atoms with van der Waals surface area (Å²) in [6, 6.07) is 20.7. The van der Waals surface area contributed by atoms with Gasteiger partial charge in [-0.25, -0.2) is 8.42 Å². The van der Waals surface area contributed by atoms with E-state index in [1.165, 1.54) is 4.31 Å². The first-order valence-corrected chi connectivity index (χ1v) is 11.8. The third kappa shape index (κ3) is 4.66. The van der Waals surface area contributed by atoms with E-state index in [0.29, 0.717) is 11.4 Å². The van der Waals surface area contributed by atoms with Crippen LogP contribution in [0.15, 0.2) is 77.7 Å². The van der Waals surface area contributed by atoms with Crippen LogP contribution >= 0.6 is 11.6 Å².